The van der Waals surface area contributed by atoms with Crippen molar-refractivity contribution >= 4 is 51.2 Å². The van der Waals surface area contributed by atoms with Crippen molar-refractivity contribution in [1.29, 1.82) is 0 Å². The maximum Gasteiger partial charge on any atom is 0.310 e. The topological polar surface area (TPSA) is 87.2 Å². The molecule has 2 amide bonds. The molecule has 2 bridgehead atoms. The number of aliphatic hydroxyl groups is 1. The summed E-state index contributed by atoms with van der Waals surface area (Å²) >= 11 is 5.35. The highest BCUT2D eigenvalue weighted by Crippen LogP contribution is 2.68. The van der Waals surface area contributed by atoms with Crippen LogP contribution in [0.4, 0.5) is 5.69 Å². The number of hydrogen-bond donors (Lipinski definition) is 1. The molecule has 3 fully saturated rings. The average molecular weight is 594 g/mol. The van der Waals surface area contributed by atoms with Crippen molar-refractivity contribution < 1.29 is 24.2 Å². The number of carbonyl (C=O) groups is 3. The Kier molecular flexibility index (Phi) is 8.17. The summed E-state index contributed by atoms with van der Waals surface area (Å²) in [6.45, 7) is 13.7. The lowest BCUT2D eigenvalue weighted by Crippen LogP contribution is -2.59. The molecule has 0 saturated carbocycles. The molecule has 0 aromatic heterocycles. The zero-order valence-electron chi connectivity index (χ0n) is 22.1. The molecular formula is C28H37BrN2O5S. The number of carbonyl (C=O) groups excluding carboxylic acids is 3. The van der Waals surface area contributed by atoms with Crippen LogP contribution in [-0.4, -0.2) is 74.5 Å². The number of thioether (sulfide) groups is 1. The first-order valence-electron chi connectivity index (χ1n) is 13.0. The lowest BCUT2D eigenvalue weighted by molar-refractivity contribution is -0.154. The molecule has 3 aliphatic heterocycles. The maximum absolute atomic E-state index is 14.7. The van der Waals surface area contributed by atoms with Crippen LogP contribution in [0.15, 0.2) is 30.9 Å². The number of halogens is 1. The van der Waals surface area contributed by atoms with E-state index in [1.54, 1.807) is 34.6 Å². The SMILES string of the molecule is C=CCN(C(=O)C1N([C@@H](CO)C(C)C)C(=O)[C@@H]2[C@@H](C(=O)OCC)[C@@H]3SC12CC3Br)c1c(C)cccc1C. The number of alkyl halides is 1. The van der Waals surface area contributed by atoms with E-state index >= 15 is 0 Å². The molecule has 7 nitrogen and oxygen atoms in total. The van der Waals surface area contributed by atoms with Gasteiger partial charge in [0.05, 0.1) is 35.8 Å². The van der Waals surface area contributed by atoms with Crippen molar-refractivity contribution in [2.24, 2.45) is 17.8 Å². The lowest BCUT2D eigenvalue weighted by Gasteiger charge is -2.41. The van der Waals surface area contributed by atoms with Gasteiger partial charge in [-0.05, 0) is 44.2 Å². The lowest BCUT2D eigenvalue weighted by atomic mass is 9.71. The van der Waals surface area contributed by atoms with E-state index in [9.17, 15) is 19.5 Å². The number of hydrogen-bond acceptors (Lipinski definition) is 6. The summed E-state index contributed by atoms with van der Waals surface area (Å²) < 4.78 is 4.63. The van der Waals surface area contributed by atoms with Crippen molar-refractivity contribution in [2.75, 3.05) is 24.7 Å². The smallest absolute Gasteiger partial charge is 0.310 e. The van der Waals surface area contributed by atoms with E-state index in [2.05, 4.69) is 22.5 Å². The van der Waals surface area contributed by atoms with E-state index in [-0.39, 0.29) is 53.5 Å². The summed E-state index contributed by atoms with van der Waals surface area (Å²) in [5.74, 6) is -2.24. The zero-order valence-corrected chi connectivity index (χ0v) is 24.5. The predicted molar refractivity (Wildman–Crippen MR) is 150 cm³/mol. The molecule has 9 heteroatoms. The Hall–Kier alpha value is -1.84. The largest absolute Gasteiger partial charge is 0.466 e. The van der Waals surface area contributed by atoms with E-state index < -0.39 is 28.7 Å². The van der Waals surface area contributed by atoms with Gasteiger partial charge in [0, 0.05) is 22.3 Å². The number of rotatable bonds is 9. The van der Waals surface area contributed by atoms with Crippen molar-refractivity contribution in [1.82, 2.24) is 4.90 Å². The van der Waals surface area contributed by atoms with E-state index in [4.69, 9.17) is 4.74 Å². The standard InChI is InChI=1S/C28H37BrN2O5S/c1-7-12-30(22-16(5)10-9-11-17(22)6)26(34)24-28-13-18(29)23(37-28)20(27(35)36-8-2)21(28)25(33)31(24)19(14-32)15(3)4/h7,9-11,15,18-21,23-24,32H,1,8,12-14H2,2-6H3/t18?,19-,20+,21-,23+,24?,28?/m0/s1. The summed E-state index contributed by atoms with van der Waals surface area (Å²) in [7, 11) is 0. The van der Waals surface area contributed by atoms with Crippen LogP contribution < -0.4 is 4.90 Å². The second kappa shape index (κ2) is 10.7. The third-order valence-electron chi connectivity index (χ3n) is 8.12. The number of para-hydroxylation sites is 1. The van der Waals surface area contributed by atoms with E-state index in [0.29, 0.717) is 6.42 Å². The number of benzene rings is 1. The molecule has 1 aromatic rings. The van der Waals surface area contributed by atoms with Crippen molar-refractivity contribution in [2.45, 2.75) is 67.9 Å². The third kappa shape index (κ3) is 4.35. The summed E-state index contributed by atoms with van der Waals surface area (Å²) in [6, 6.07) is 4.50. The molecule has 3 heterocycles. The van der Waals surface area contributed by atoms with Crippen LogP contribution in [-0.2, 0) is 19.1 Å². The molecule has 4 rings (SSSR count). The number of amides is 2. The van der Waals surface area contributed by atoms with Gasteiger partial charge in [-0.2, -0.15) is 0 Å². The number of aryl methyl sites for hydroxylation is 2. The Balaban J connectivity index is 1.89. The summed E-state index contributed by atoms with van der Waals surface area (Å²) in [4.78, 5) is 45.5. The first-order valence-corrected chi connectivity index (χ1v) is 14.7. The van der Waals surface area contributed by atoms with Gasteiger partial charge in [-0.3, -0.25) is 14.4 Å². The monoisotopic (exact) mass is 592 g/mol. The highest BCUT2D eigenvalue weighted by Gasteiger charge is 2.76. The van der Waals surface area contributed by atoms with Gasteiger partial charge >= 0.3 is 5.97 Å². The number of aliphatic hydroxyl groups excluding tert-OH is 1. The second-order valence-corrected chi connectivity index (χ2v) is 13.3. The van der Waals surface area contributed by atoms with Gasteiger partial charge < -0.3 is 19.6 Å². The minimum absolute atomic E-state index is 0.0362. The highest BCUT2D eigenvalue weighted by molar-refractivity contribution is 9.09. The molecule has 202 valence electrons. The minimum Gasteiger partial charge on any atom is -0.466 e. The average Bonchev–Trinajstić information content (AvgIpc) is 3.42. The van der Waals surface area contributed by atoms with Gasteiger partial charge in [-0.15, -0.1) is 18.3 Å². The fraction of sp³-hybridized carbons (Fsp3) is 0.607. The van der Waals surface area contributed by atoms with Crippen molar-refractivity contribution in [3.8, 4) is 0 Å². The van der Waals surface area contributed by atoms with Crippen molar-refractivity contribution in [3.05, 3.63) is 42.0 Å². The van der Waals surface area contributed by atoms with Crippen LogP contribution in [0, 0.1) is 31.6 Å². The molecule has 1 N–H and O–H groups in total. The van der Waals surface area contributed by atoms with Crippen LogP contribution >= 0.6 is 27.7 Å². The predicted octanol–water partition coefficient (Wildman–Crippen LogP) is 3.87. The van der Waals surface area contributed by atoms with Gasteiger partial charge in [0.15, 0.2) is 0 Å². The number of fused-ring (bicyclic) bond motifs is 1. The van der Waals surface area contributed by atoms with Crippen LogP contribution in [0.3, 0.4) is 0 Å². The summed E-state index contributed by atoms with van der Waals surface area (Å²) in [5.41, 5.74) is 2.71. The number of anilines is 1. The highest BCUT2D eigenvalue weighted by atomic mass is 79.9. The van der Waals surface area contributed by atoms with Gasteiger partial charge in [0.1, 0.15) is 6.04 Å². The minimum atomic E-state index is -0.835. The fourth-order valence-corrected chi connectivity index (χ4v) is 10.2. The third-order valence-corrected chi connectivity index (χ3v) is 11.3. The molecule has 7 atom stereocenters. The molecular weight excluding hydrogens is 556 g/mol. The summed E-state index contributed by atoms with van der Waals surface area (Å²) in [5, 5.41) is 10.3. The Labute approximate surface area is 232 Å². The number of likely N-dealkylation sites (tertiary alicyclic amines) is 1. The second-order valence-electron chi connectivity index (χ2n) is 10.6. The Bertz CT molecular complexity index is 1080. The number of ether oxygens (including phenoxy) is 1. The molecule has 0 radical (unpaired) electrons. The molecule has 3 unspecified atom stereocenters. The van der Waals surface area contributed by atoms with Crippen molar-refractivity contribution in [3.63, 3.8) is 0 Å². The van der Waals surface area contributed by atoms with E-state index in [1.807, 2.05) is 45.9 Å². The zero-order chi connectivity index (χ0) is 27.2. The van der Waals surface area contributed by atoms with Crippen LogP contribution in [0.25, 0.3) is 0 Å². The molecule has 1 spiro atoms. The first-order chi connectivity index (χ1) is 17.5. The summed E-state index contributed by atoms with van der Waals surface area (Å²) in [6.07, 6.45) is 2.27. The van der Waals surface area contributed by atoms with Crippen LogP contribution in [0.2, 0.25) is 0 Å². The van der Waals surface area contributed by atoms with E-state index in [1.165, 1.54) is 0 Å². The van der Waals surface area contributed by atoms with E-state index in [0.717, 1.165) is 16.8 Å². The Morgan fingerprint density at radius 2 is 2.00 bits per heavy atom. The maximum atomic E-state index is 14.7. The normalized spacial score (nSPS) is 31.0. The van der Waals surface area contributed by atoms with Crippen LogP contribution in [0.1, 0.15) is 38.3 Å². The number of nitrogens with zero attached hydrogens (tertiary/aromatic N) is 2. The quantitative estimate of drug-likeness (QED) is 0.266. The van der Waals surface area contributed by atoms with Gasteiger partial charge in [0.2, 0.25) is 5.91 Å². The van der Waals surface area contributed by atoms with Gasteiger partial charge in [0.25, 0.3) is 5.91 Å². The van der Waals surface area contributed by atoms with Gasteiger partial charge in [-0.1, -0.05) is 54.1 Å². The Morgan fingerprint density at radius 1 is 1.35 bits per heavy atom. The molecule has 37 heavy (non-hydrogen) atoms. The molecule has 1 aromatic carbocycles. The van der Waals surface area contributed by atoms with Gasteiger partial charge in [-0.25, -0.2) is 0 Å². The number of esters is 1. The van der Waals surface area contributed by atoms with Crippen LogP contribution in [0.5, 0.6) is 0 Å². The molecule has 3 saturated heterocycles. The molecule has 3 aliphatic rings. The fourth-order valence-electron chi connectivity index (χ4n) is 6.63. The Morgan fingerprint density at radius 3 is 2.54 bits per heavy atom. The molecule has 0 aliphatic carbocycles. The first kappa shape index (κ1) is 28.2.